The Labute approximate surface area is 162 Å². The number of rotatable bonds is 3. The van der Waals surface area contributed by atoms with E-state index in [9.17, 15) is 0 Å². The van der Waals surface area contributed by atoms with Crippen LogP contribution in [-0.2, 0) is 0 Å². The number of hydrogen-bond donors (Lipinski definition) is 1. The molecule has 138 valence electrons. The highest BCUT2D eigenvalue weighted by atomic mass is 35.5. The van der Waals surface area contributed by atoms with Crippen LogP contribution in [0.15, 0.2) is 35.0 Å². The van der Waals surface area contributed by atoms with Gasteiger partial charge in [0.2, 0.25) is 0 Å². The summed E-state index contributed by atoms with van der Waals surface area (Å²) in [7, 11) is 2.07. The van der Waals surface area contributed by atoms with Gasteiger partial charge in [0, 0.05) is 24.7 Å². The van der Waals surface area contributed by atoms with Crippen LogP contribution in [-0.4, -0.2) is 51.5 Å². The Bertz CT molecular complexity index is 893. The van der Waals surface area contributed by atoms with Gasteiger partial charge in [0.15, 0.2) is 5.82 Å². The van der Waals surface area contributed by atoms with Crippen LogP contribution in [0.1, 0.15) is 17.6 Å². The monoisotopic (exact) mass is 394 g/mol. The Kier molecular flexibility index (Phi) is 5.62. The first-order valence-corrected chi connectivity index (χ1v) is 8.57. The van der Waals surface area contributed by atoms with Crippen LogP contribution < -0.4 is 5.32 Å². The smallest absolute Gasteiger partial charge is 0.261 e. The maximum absolute atomic E-state index is 6.08. The van der Waals surface area contributed by atoms with Gasteiger partial charge in [0.05, 0.1) is 29.2 Å². The van der Waals surface area contributed by atoms with E-state index in [0.29, 0.717) is 16.7 Å². The zero-order valence-corrected chi connectivity index (χ0v) is 16.1. The van der Waals surface area contributed by atoms with E-state index in [1.807, 2.05) is 35.9 Å². The second-order valence-corrected chi connectivity index (χ2v) is 6.63. The van der Waals surface area contributed by atoms with Crippen molar-refractivity contribution in [3.63, 3.8) is 0 Å². The molecule has 1 atom stereocenters. The maximum Gasteiger partial charge on any atom is 0.261 e. The van der Waals surface area contributed by atoms with Gasteiger partial charge in [0.1, 0.15) is 0 Å². The Hall–Kier alpha value is -1.93. The Morgan fingerprint density at radius 1 is 1.35 bits per heavy atom. The second kappa shape index (κ2) is 7.75. The van der Waals surface area contributed by atoms with Gasteiger partial charge in [-0.05, 0) is 32.2 Å². The molecular weight excluding hydrogens is 375 g/mol. The molecule has 1 aliphatic heterocycles. The summed E-state index contributed by atoms with van der Waals surface area (Å²) in [6.45, 7) is 4.72. The number of likely N-dealkylation sites (N-methyl/N-ethyl adjacent to an activating group) is 1. The van der Waals surface area contributed by atoms with Crippen molar-refractivity contribution in [3.05, 3.63) is 47.0 Å². The normalized spacial score (nSPS) is 17.9. The van der Waals surface area contributed by atoms with E-state index >= 15 is 0 Å². The summed E-state index contributed by atoms with van der Waals surface area (Å²) in [5, 5.41) is 12.7. The van der Waals surface area contributed by atoms with Crippen LogP contribution in [0, 0.1) is 6.92 Å². The lowest BCUT2D eigenvalue weighted by Crippen LogP contribution is -2.44. The average molecular weight is 395 g/mol. The van der Waals surface area contributed by atoms with Gasteiger partial charge in [0.25, 0.3) is 5.89 Å². The highest BCUT2D eigenvalue weighted by Gasteiger charge is 2.26. The van der Waals surface area contributed by atoms with E-state index < -0.39 is 0 Å². The molecule has 4 rings (SSSR count). The van der Waals surface area contributed by atoms with Gasteiger partial charge < -0.3 is 9.84 Å². The number of halogens is 2. The number of hydrogen-bond acceptors (Lipinski definition) is 6. The van der Waals surface area contributed by atoms with E-state index in [1.165, 1.54) is 0 Å². The van der Waals surface area contributed by atoms with Gasteiger partial charge in [-0.2, -0.15) is 10.1 Å². The van der Waals surface area contributed by atoms with Gasteiger partial charge in [-0.3, -0.25) is 4.90 Å². The molecule has 26 heavy (non-hydrogen) atoms. The number of piperazine rings is 1. The lowest BCUT2D eigenvalue weighted by atomic mass is 10.2. The third kappa shape index (κ3) is 3.48. The molecule has 0 bridgehead atoms. The van der Waals surface area contributed by atoms with Crippen molar-refractivity contribution in [2.45, 2.75) is 13.0 Å². The van der Waals surface area contributed by atoms with E-state index in [-0.39, 0.29) is 18.4 Å². The molecule has 0 amide bonds. The average Bonchev–Trinajstić information content (AvgIpc) is 3.22. The van der Waals surface area contributed by atoms with Crippen molar-refractivity contribution in [3.8, 4) is 17.1 Å². The molecule has 0 saturated carbocycles. The largest absolute Gasteiger partial charge is 0.334 e. The van der Waals surface area contributed by atoms with Crippen LogP contribution in [0.2, 0.25) is 5.02 Å². The summed E-state index contributed by atoms with van der Waals surface area (Å²) in [6, 6.07) is 7.68. The molecule has 1 saturated heterocycles. The third-order valence-corrected chi connectivity index (χ3v) is 4.78. The quantitative estimate of drug-likeness (QED) is 0.736. The maximum atomic E-state index is 6.08. The topological polar surface area (TPSA) is 72.0 Å². The van der Waals surface area contributed by atoms with Gasteiger partial charge >= 0.3 is 0 Å². The summed E-state index contributed by atoms with van der Waals surface area (Å²) in [4.78, 5) is 6.83. The molecule has 9 heteroatoms. The molecule has 3 aromatic rings. The first kappa shape index (κ1) is 18.8. The SMILES string of the molecule is Cc1c(-c2nc(C3CNCCN3C)no2)cnn1-c1cccc(Cl)c1.Cl. The fourth-order valence-corrected chi connectivity index (χ4v) is 3.25. The predicted molar refractivity (Wildman–Crippen MR) is 102 cm³/mol. The van der Waals surface area contributed by atoms with Crippen LogP contribution in [0.4, 0.5) is 0 Å². The first-order valence-electron chi connectivity index (χ1n) is 8.19. The van der Waals surface area contributed by atoms with Crippen molar-refractivity contribution in [1.82, 2.24) is 30.1 Å². The zero-order valence-electron chi connectivity index (χ0n) is 14.5. The minimum absolute atomic E-state index is 0. The van der Waals surface area contributed by atoms with E-state index in [0.717, 1.165) is 36.6 Å². The van der Waals surface area contributed by atoms with Gasteiger partial charge in [-0.1, -0.05) is 22.8 Å². The minimum Gasteiger partial charge on any atom is -0.334 e. The summed E-state index contributed by atoms with van der Waals surface area (Å²) in [6.07, 6.45) is 1.75. The molecule has 2 aromatic heterocycles. The summed E-state index contributed by atoms with van der Waals surface area (Å²) in [5.74, 6) is 1.18. The Balaban J connectivity index is 0.00000196. The predicted octanol–water partition coefficient (Wildman–Crippen LogP) is 2.88. The number of benzene rings is 1. The van der Waals surface area contributed by atoms with E-state index in [4.69, 9.17) is 16.1 Å². The molecule has 1 fully saturated rings. The summed E-state index contributed by atoms with van der Waals surface area (Å²) >= 11 is 6.08. The molecule has 7 nitrogen and oxygen atoms in total. The fraction of sp³-hybridized carbons (Fsp3) is 0.353. The molecule has 3 heterocycles. The lowest BCUT2D eigenvalue weighted by molar-refractivity contribution is 0.190. The first-order chi connectivity index (χ1) is 12.1. The fourth-order valence-electron chi connectivity index (χ4n) is 3.06. The molecule has 1 aromatic carbocycles. The molecular formula is C17H20Cl2N6O. The van der Waals surface area contributed by atoms with Crippen molar-refractivity contribution in [1.29, 1.82) is 0 Å². The van der Waals surface area contributed by atoms with Crippen molar-refractivity contribution < 1.29 is 4.52 Å². The zero-order chi connectivity index (χ0) is 17.4. The van der Waals surface area contributed by atoms with Gasteiger partial charge in [-0.15, -0.1) is 12.4 Å². The summed E-state index contributed by atoms with van der Waals surface area (Å²) in [5.41, 5.74) is 2.64. The molecule has 0 radical (unpaired) electrons. The molecule has 1 N–H and O–H groups in total. The Morgan fingerprint density at radius 2 is 2.19 bits per heavy atom. The Morgan fingerprint density at radius 3 is 2.96 bits per heavy atom. The van der Waals surface area contributed by atoms with Crippen LogP contribution >= 0.6 is 24.0 Å². The van der Waals surface area contributed by atoms with Crippen molar-refractivity contribution in [2.24, 2.45) is 0 Å². The standard InChI is InChI=1S/C17H19ClN6O.ClH/c1-11-14(9-20-24(11)13-5-3-4-12(18)8-13)17-21-16(22-25-17)15-10-19-6-7-23(15)2;/h3-5,8-9,15,19H,6-7,10H2,1-2H3;1H. The van der Waals surface area contributed by atoms with Crippen LogP contribution in [0.25, 0.3) is 17.1 Å². The van der Waals surface area contributed by atoms with E-state index in [1.54, 1.807) is 6.20 Å². The molecule has 1 aliphatic rings. The molecule has 0 aliphatic carbocycles. The van der Waals surface area contributed by atoms with E-state index in [2.05, 4.69) is 32.5 Å². The summed E-state index contributed by atoms with van der Waals surface area (Å²) < 4.78 is 7.33. The lowest BCUT2D eigenvalue weighted by Gasteiger charge is -2.30. The van der Waals surface area contributed by atoms with Gasteiger partial charge in [-0.25, -0.2) is 4.68 Å². The van der Waals surface area contributed by atoms with Crippen molar-refractivity contribution >= 4 is 24.0 Å². The molecule has 0 spiro atoms. The number of nitrogens with zero attached hydrogens (tertiary/aromatic N) is 5. The van der Waals surface area contributed by atoms with Crippen LogP contribution in [0.3, 0.4) is 0 Å². The molecule has 1 unspecified atom stereocenters. The highest BCUT2D eigenvalue weighted by molar-refractivity contribution is 6.30. The minimum atomic E-state index is 0. The number of nitrogens with one attached hydrogen (secondary N) is 1. The second-order valence-electron chi connectivity index (χ2n) is 6.19. The highest BCUT2D eigenvalue weighted by Crippen LogP contribution is 2.26. The van der Waals surface area contributed by atoms with Crippen molar-refractivity contribution in [2.75, 3.05) is 26.7 Å². The number of aromatic nitrogens is 4. The van der Waals surface area contributed by atoms with Crippen LogP contribution in [0.5, 0.6) is 0 Å². The third-order valence-electron chi connectivity index (χ3n) is 4.54.